The number of fused-ring (bicyclic) bond motifs is 1. The van der Waals surface area contributed by atoms with Crippen LogP contribution in [-0.2, 0) is 16.6 Å². The van der Waals surface area contributed by atoms with Gasteiger partial charge in [-0.1, -0.05) is 76.6 Å². The van der Waals surface area contributed by atoms with Crippen molar-refractivity contribution < 1.29 is 9.59 Å². The predicted molar refractivity (Wildman–Crippen MR) is 110 cm³/mol. The van der Waals surface area contributed by atoms with E-state index in [1.54, 1.807) is 12.1 Å². The number of anilines is 1. The quantitative estimate of drug-likeness (QED) is 0.580. The molecule has 0 unspecified atom stereocenters. The standard InChI is InChI=1S/C23H18BrNO2/c24-18-11-12-20-19(13-18)23(22(27)25-20,14-16-7-3-1-4-8-16)15-21(26)17-9-5-2-6-10-17/h1-13H,14-15H2,(H,25,27)/t23-/m0/s1. The molecule has 0 fully saturated rings. The Labute approximate surface area is 166 Å². The lowest BCUT2D eigenvalue weighted by atomic mass is 9.72. The Hall–Kier alpha value is -2.72. The normalized spacial score (nSPS) is 18.0. The Morgan fingerprint density at radius 3 is 2.30 bits per heavy atom. The summed E-state index contributed by atoms with van der Waals surface area (Å²) in [5, 5.41) is 2.98. The summed E-state index contributed by atoms with van der Waals surface area (Å²) in [5.41, 5.74) is 2.38. The van der Waals surface area contributed by atoms with Crippen LogP contribution in [0.5, 0.6) is 0 Å². The highest BCUT2D eigenvalue weighted by atomic mass is 79.9. The Morgan fingerprint density at radius 2 is 1.59 bits per heavy atom. The van der Waals surface area contributed by atoms with Crippen LogP contribution >= 0.6 is 15.9 Å². The van der Waals surface area contributed by atoms with Gasteiger partial charge in [0.15, 0.2) is 5.78 Å². The van der Waals surface area contributed by atoms with Gasteiger partial charge in [-0.15, -0.1) is 0 Å². The van der Waals surface area contributed by atoms with E-state index in [0.717, 1.165) is 21.3 Å². The average Bonchev–Trinajstić information content (AvgIpc) is 2.94. The van der Waals surface area contributed by atoms with Crippen molar-refractivity contribution in [3.8, 4) is 0 Å². The number of halogens is 1. The van der Waals surface area contributed by atoms with Gasteiger partial charge >= 0.3 is 0 Å². The molecule has 1 amide bonds. The maximum absolute atomic E-state index is 13.2. The number of hydrogen-bond donors (Lipinski definition) is 1. The number of rotatable bonds is 5. The number of amides is 1. The van der Waals surface area contributed by atoms with E-state index >= 15 is 0 Å². The molecule has 27 heavy (non-hydrogen) atoms. The molecule has 0 saturated heterocycles. The van der Waals surface area contributed by atoms with Crippen molar-refractivity contribution in [2.75, 3.05) is 5.32 Å². The zero-order chi connectivity index (χ0) is 18.9. The number of carbonyl (C=O) groups excluding carboxylic acids is 2. The molecule has 1 aliphatic heterocycles. The number of Topliss-reactive ketones (excluding diaryl/α,β-unsaturated/α-hetero) is 1. The van der Waals surface area contributed by atoms with Gasteiger partial charge in [-0.2, -0.15) is 0 Å². The summed E-state index contributed by atoms with van der Waals surface area (Å²) < 4.78 is 0.891. The highest BCUT2D eigenvalue weighted by Gasteiger charge is 2.48. The van der Waals surface area contributed by atoms with Crippen LogP contribution in [0.25, 0.3) is 0 Å². The first-order valence-electron chi connectivity index (χ1n) is 8.82. The second-order valence-corrected chi connectivity index (χ2v) is 7.77. The van der Waals surface area contributed by atoms with Crippen molar-refractivity contribution in [3.63, 3.8) is 0 Å². The van der Waals surface area contributed by atoms with E-state index in [2.05, 4.69) is 21.2 Å². The van der Waals surface area contributed by atoms with Crippen molar-refractivity contribution >= 4 is 33.3 Å². The molecule has 0 saturated carbocycles. The molecule has 1 atom stereocenters. The van der Waals surface area contributed by atoms with E-state index in [1.807, 2.05) is 66.7 Å². The summed E-state index contributed by atoms with van der Waals surface area (Å²) in [5.74, 6) is -0.154. The monoisotopic (exact) mass is 419 g/mol. The molecule has 1 heterocycles. The summed E-state index contributed by atoms with van der Waals surface area (Å²) >= 11 is 3.51. The maximum Gasteiger partial charge on any atom is 0.235 e. The van der Waals surface area contributed by atoms with E-state index < -0.39 is 5.41 Å². The van der Waals surface area contributed by atoms with Gasteiger partial charge in [0.25, 0.3) is 0 Å². The summed E-state index contributed by atoms with van der Waals surface area (Å²) in [6.07, 6.45) is 0.600. The first-order valence-corrected chi connectivity index (χ1v) is 9.61. The van der Waals surface area contributed by atoms with Crippen molar-refractivity contribution in [2.24, 2.45) is 0 Å². The number of hydrogen-bond acceptors (Lipinski definition) is 2. The van der Waals surface area contributed by atoms with E-state index in [9.17, 15) is 9.59 Å². The molecule has 1 N–H and O–H groups in total. The third kappa shape index (κ3) is 3.33. The van der Waals surface area contributed by atoms with Gasteiger partial charge in [0, 0.05) is 22.1 Å². The number of benzene rings is 3. The smallest absolute Gasteiger partial charge is 0.235 e. The maximum atomic E-state index is 13.2. The van der Waals surface area contributed by atoms with Crippen LogP contribution in [0.2, 0.25) is 0 Å². The van der Waals surface area contributed by atoms with Gasteiger partial charge < -0.3 is 5.32 Å². The first kappa shape index (κ1) is 17.7. The third-order valence-corrected chi connectivity index (χ3v) is 5.58. The van der Waals surface area contributed by atoms with Crippen LogP contribution in [-0.4, -0.2) is 11.7 Å². The van der Waals surface area contributed by atoms with Crippen LogP contribution in [0, 0.1) is 0 Å². The molecule has 134 valence electrons. The van der Waals surface area contributed by atoms with E-state index in [0.29, 0.717) is 12.0 Å². The Morgan fingerprint density at radius 1 is 0.926 bits per heavy atom. The number of ketones is 1. The fourth-order valence-electron chi connectivity index (χ4n) is 3.74. The predicted octanol–water partition coefficient (Wildman–Crippen LogP) is 5.15. The van der Waals surface area contributed by atoms with E-state index in [-0.39, 0.29) is 18.1 Å². The van der Waals surface area contributed by atoms with Crippen LogP contribution in [0.3, 0.4) is 0 Å². The van der Waals surface area contributed by atoms with Crippen molar-refractivity contribution in [1.82, 2.24) is 0 Å². The van der Waals surface area contributed by atoms with E-state index in [4.69, 9.17) is 0 Å². The minimum atomic E-state index is -0.923. The second kappa shape index (κ2) is 7.12. The van der Waals surface area contributed by atoms with Crippen molar-refractivity contribution in [3.05, 3.63) is 100 Å². The highest BCUT2D eigenvalue weighted by molar-refractivity contribution is 9.10. The Balaban J connectivity index is 1.80. The fraction of sp³-hybridized carbons (Fsp3) is 0.130. The SMILES string of the molecule is O=C(C[C@]1(Cc2ccccc2)C(=O)Nc2ccc(Br)cc21)c1ccccc1. The van der Waals surface area contributed by atoms with Gasteiger partial charge in [0.05, 0.1) is 5.41 Å². The van der Waals surface area contributed by atoms with Crippen LogP contribution in [0.1, 0.15) is 27.9 Å². The lowest BCUT2D eigenvalue weighted by molar-refractivity contribution is -0.120. The summed E-state index contributed by atoms with van der Waals surface area (Å²) in [6, 6.07) is 24.8. The molecule has 0 radical (unpaired) electrons. The van der Waals surface area contributed by atoms with Gasteiger partial charge in [0.2, 0.25) is 5.91 Å². The van der Waals surface area contributed by atoms with Gasteiger partial charge in [-0.3, -0.25) is 9.59 Å². The Bertz CT molecular complexity index is 1000. The zero-order valence-electron chi connectivity index (χ0n) is 14.6. The minimum absolute atomic E-state index is 0.0329. The van der Waals surface area contributed by atoms with Crippen LogP contribution in [0.4, 0.5) is 5.69 Å². The van der Waals surface area contributed by atoms with Gasteiger partial charge in [-0.25, -0.2) is 0 Å². The molecular formula is C23H18BrNO2. The van der Waals surface area contributed by atoms with Crippen LogP contribution < -0.4 is 5.32 Å². The molecule has 0 spiro atoms. The average molecular weight is 420 g/mol. The fourth-order valence-corrected chi connectivity index (χ4v) is 4.10. The molecule has 4 rings (SSSR count). The topological polar surface area (TPSA) is 46.2 Å². The lowest BCUT2D eigenvalue weighted by Crippen LogP contribution is -2.39. The summed E-state index contributed by atoms with van der Waals surface area (Å²) in [6.45, 7) is 0. The van der Waals surface area contributed by atoms with Crippen molar-refractivity contribution in [2.45, 2.75) is 18.3 Å². The molecule has 3 aromatic rings. The van der Waals surface area contributed by atoms with Gasteiger partial charge in [-0.05, 0) is 35.7 Å². The minimum Gasteiger partial charge on any atom is -0.325 e. The first-order chi connectivity index (χ1) is 13.1. The number of nitrogens with one attached hydrogen (secondary N) is 1. The number of carbonyl (C=O) groups is 2. The molecule has 4 heteroatoms. The molecule has 0 aromatic heterocycles. The third-order valence-electron chi connectivity index (χ3n) is 5.09. The van der Waals surface area contributed by atoms with Crippen molar-refractivity contribution in [1.29, 1.82) is 0 Å². The van der Waals surface area contributed by atoms with Crippen LogP contribution in [0.15, 0.2) is 83.3 Å². The summed E-state index contributed by atoms with van der Waals surface area (Å²) in [4.78, 5) is 26.2. The molecule has 0 bridgehead atoms. The molecular weight excluding hydrogens is 402 g/mol. The Kier molecular flexibility index (Phi) is 4.66. The molecule has 3 nitrogen and oxygen atoms in total. The highest BCUT2D eigenvalue weighted by Crippen LogP contribution is 2.44. The molecule has 0 aliphatic carbocycles. The second-order valence-electron chi connectivity index (χ2n) is 6.85. The zero-order valence-corrected chi connectivity index (χ0v) is 16.2. The molecule has 1 aliphatic rings. The molecule has 3 aromatic carbocycles. The lowest BCUT2D eigenvalue weighted by Gasteiger charge is -2.27. The largest absolute Gasteiger partial charge is 0.325 e. The van der Waals surface area contributed by atoms with E-state index in [1.165, 1.54) is 0 Å². The van der Waals surface area contributed by atoms with Gasteiger partial charge in [0.1, 0.15) is 0 Å². The summed E-state index contributed by atoms with van der Waals surface area (Å²) in [7, 11) is 0.